The molecule has 0 fully saturated rings. The Kier molecular flexibility index (Phi) is 4.38. The van der Waals surface area contributed by atoms with Crippen molar-refractivity contribution in [1.29, 1.82) is 0 Å². The van der Waals surface area contributed by atoms with Gasteiger partial charge >= 0.3 is 0 Å². The molecule has 0 spiro atoms. The van der Waals surface area contributed by atoms with Crippen LogP contribution in [0.4, 0.5) is 0 Å². The molecule has 1 amide bonds. The summed E-state index contributed by atoms with van der Waals surface area (Å²) in [5.41, 5.74) is 0.921. The second-order valence-electron chi connectivity index (χ2n) is 5.04. The Balaban J connectivity index is 1.81. The van der Waals surface area contributed by atoms with Crippen molar-refractivity contribution in [3.8, 4) is 11.5 Å². The average molecular weight is 366 g/mol. The van der Waals surface area contributed by atoms with E-state index in [9.17, 15) is 4.79 Å². The Labute approximate surface area is 136 Å². The first-order valence-corrected chi connectivity index (χ1v) is 7.88. The number of carbonyl (C=O) groups is 1. The van der Waals surface area contributed by atoms with Gasteiger partial charge in [0.1, 0.15) is 0 Å². The number of fused-ring (bicyclic) bond motifs is 1. The third-order valence-corrected chi connectivity index (χ3v) is 4.11. The van der Waals surface area contributed by atoms with E-state index in [-0.39, 0.29) is 17.7 Å². The van der Waals surface area contributed by atoms with E-state index in [2.05, 4.69) is 21.2 Å². The summed E-state index contributed by atoms with van der Waals surface area (Å²) in [7, 11) is 0. The van der Waals surface area contributed by atoms with Gasteiger partial charge in [0.2, 0.25) is 0 Å². The number of amides is 1. The first kappa shape index (κ1) is 15.0. The van der Waals surface area contributed by atoms with Crippen LogP contribution in [-0.2, 0) is 0 Å². The second kappa shape index (κ2) is 6.44. The van der Waals surface area contributed by atoms with Crippen LogP contribution in [0, 0.1) is 0 Å². The van der Waals surface area contributed by atoms with Gasteiger partial charge in [-0.05, 0) is 36.8 Å². The molecule has 6 heteroatoms. The summed E-state index contributed by atoms with van der Waals surface area (Å²) in [6.07, 6.45) is 2.33. The molecule has 2 heterocycles. The maximum atomic E-state index is 12.1. The van der Waals surface area contributed by atoms with E-state index in [1.165, 1.54) is 6.26 Å². The van der Waals surface area contributed by atoms with Crippen molar-refractivity contribution in [2.75, 3.05) is 13.2 Å². The molecule has 1 atom stereocenters. The van der Waals surface area contributed by atoms with E-state index in [1.807, 2.05) is 19.1 Å². The van der Waals surface area contributed by atoms with Gasteiger partial charge in [0, 0.05) is 10.9 Å². The summed E-state index contributed by atoms with van der Waals surface area (Å²) in [4.78, 5) is 12.1. The molecule has 3 rings (SSSR count). The molecule has 1 N–H and O–H groups in total. The lowest BCUT2D eigenvalue weighted by atomic mass is 10.1. The van der Waals surface area contributed by atoms with Crippen molar-refractivity contribution in [2.45, 2.75) is 19.4 Å². The van der Waals surface area contributed by atoms with Crippen LogP contribution in [-0.4, -0.2) is 19.1 Å². The predicted molar refractivity (Wildman–Crippen MR) is 84.3 cm³/mol. The Morgan fingerprint density at radius 3 is 2.68 bits per heavy atom. The minimum Gasteiger partial charge on any atom is -0.490 e. The van der Waals surface area contributed by atoms with Gasteiger partial charge in [0.05, 0.1) is 25.5 Å². The van der Waals surface area contributed by atoms with Crippen LogP contribution in [0.5, 0.6) is 11.5 Å². The van der Waals surface area contributed by atoms with Gasteiger partial charge < -0.3 is 19.2 Å². The summed E-state index contributed by atoms with van der Waals surface area (Å²) >= 11 is 3.53. The minimum atomic E-state index is -0.253. The maximum Gasteiger partial charge on any atom is 0.287 e. The molecule has 0 saturated heterocycles. The van der Waals surface area contributed by atoms with Crippen LogP contribution in [0.2, 0.25) is 0 Å². The van der Waals surface area contributed by atoms with Crippen LogP contribution < -0.4 is 14.8 Å². The summed E-state index contributed by atoms with van der Waals surface area (Å²) in [5, 5.41) is 2.90. The highest BCUT2D eigenvalue weighted by Gasteiger charge is 2.19. The molecule has 0 bridgehead atoms. The molecule has 5 nitrogen and oxygen atoms in total. The van der Waals surface area contributed by atoms with Gasteiger partial charge in [-0.15, -0.1) is 0 Å². The number of nitrogens with one attached hydrogen (secondary N) is 1. The fourth-order valence-electron chi connectivity index (χ4n) is 2.28. The molecule has 2 aromatic rings. The molecule has 0 radical (unpaired) electrons. The zero-order valence-electron chi connectivity index (χ0n) is 12.1. The smallest absolute Gasteiger partial charge is 0.287 e. The zero-order valence-corrected chi connectivity index (χ0v) is 13.7. The van der Waals surface area contributed by atoms with Crippen molar-refractivity contribution in [2.24, 2.45) is 0 Å². The topological polar surface area (TPSA) is 60.7 Å². The molecular formula is C16H16BrNO4. The number of halogens is 1. The third-order valence-electron chi connectivity index (χ3n) is 3.43. The Hall–Kier alpha value is -1.95. The van der Waals surface area contributed by atoms with Crippen molar-refractivity contribution >= 4 is 21.8 Å². The minimum absolute atomic E-state index is 0.205. The van der Waals surface area contributed by atoms with Gasteiger partial charge in [-0.25, -0.2) is 0 Å². The summed E-state index contributed by atoms with van der Waals surface area (Å²) in [5.74, 6) is 1.46. The molecule has 1 aromatic heterocycles. The zero-order chi connectivity index (χ0) is 15.5. The predicted octanol–water partition coefficient (Wildman–Crippen LogP) is 3.69. The molecule has 1 aliphatic heterocycles. The lowest BCUT2D eigenvalue weighted by Crippen LogP contribution is -2.26. The van der Waals surface area contributed by atoms with Gasteiger partial charge in [-0.3, -0.25) is 4.79 Å². The highest BCUT2D eigenvalue weighted by atomic mass is 79.9. The normalized spacial score (nSPS) is 15.0. The highest BCUT2D eigenvalue weighted by molar-refractivity contribution is 9.10. The van der Waals surface area contributed by atoms with E-state index >= 15 is 0 Å². The quantitative estimate of drug-likeness (QED) is 0.900. The number of rotatable bonds is 3. The van der Waals surface area contributed by atoms with Crippen molar-refractivity contribution < 1.29 is 18.7 Å². The lowest BCUT2D eigenvalue weighted by molar-refractivity contribution is 0.0911. The largest absolute Gasteiger partial charge is 0.490 e. The Morgan fingerprint density at radius 1 is 1.27 bits per heavy atom. The number of benzene rings is 1. The standard InChI is InChI=1S/C16H16BrNO4/c1-10(18-16(19)13-4-2-5-20-13)11-8-14-15(9-12(11)17)22-7-3-6-21-14/h2,4-5,8-10H,3,6-7H2,1H3,(H,18,19)/t10-/m0/s1. The van der Waals surface area contributed by atoms with Crippen molar-refractivity contribution in [3.05, 3.63) is 46.3 Å². The van der Waals surface area contributed by atoms with Gasteiger partial charge in [-0.1, -0.05) is 15.9 Å². The van der Waals surface area contributed by atoms with Crippen LogP contribution in [0.3, 0.4) is 0 Å². The van der Waals surface area contributed by atoms with Gasteiger partial charge in [-0.2, -0.15) is 0 Å². The summed E-state index contributed by atoms with van der Waals surface area (Å²) < 4.78 is 17.3. The number of hydrogen-bond donors (Lipinski definition) is 1. The Morgan fingerprint density at radius 2 is 2.00 bits per heavy atom. The molecular weight excluding hydrogens is 350 g/mol. The van der Waals surface area contributed by atoms with Gasteiger partial charge in [0.25, 0.3) is 5.91 Å². The summed E-state index contributed by atoms with van der Waals surface area (Å²) in [6.45, 7) is 3.18. The average Bonchev–Trinajstić information content (AvgIpc) is 2.94. The van der Waals surface area contributed by atoms with Crippen LogP contribution in [0.25, 0.3) is 0 Å². The number of carbonyl (C=O) groups excluding carboxylic acids is 1. The molecule has 1 aromatic carbocycles. The maximum absolute atomic E-state index is 12.1. The van der Waals surface area contributed by atoms with E-state index in [0.717, 1.165) is 22.2 Å². The highest BCUT2D eigenvalue weighted by Crippen LogP contribution is 2.37. The van der Waals surface area contributed by atoms with Crippen molar-refractivity contribution in [3.63, 3.8) is 0 Å². The number of furan rings is 1. The fourth-order valence-corrected chi connectivity index (χ4v) is 2.95. The molecule has 22 heavy (non-hydrogen) atoms. The van der Waals surface area contributed by atoms with Crippen molar-refractivity contribution in [1.82, 2.24) is 5.32 Å². The molecule has 0 aliphatic carbocycles. The molecule has 116 valence electrons. The van der Waals surface area contributed by atoms with E-state index in [1.54, 1.807) is 12.1 Å². The van der Waals surface area contributed by atoms with E-state index in [0.29, 0.717) is 19.0 Å². The SMILES string of the molecule is C[C@H](NC(=O)c1ccco1)c1cc2c(cc1Br)OCCCO2. The van der Waals surface area contributed by atoms with Crippen LogP contribution in [0.1, 0.15) is 35.5 Å². The van der Waals surface area contributed by atoms with Crippen LogP contribution >= 0.6 is 15.9 Å². The van der Waals surface area contributed by atoms with E-state index in [4.69, 9.17) is 13.9 Å². The number of ether oxygens (including phenoxy) is 2. The fraction of sp³-hybridized carbons (Fsp3) is 0.312. The lowest BCUT2D eigenvalue weighted by Gasteiger charge is -2.17. The molecule has 0 unspecified atom stereocenters. The summed E-state index contributed by atoms with van der Waals surface area (Å²) in [6, 6.07) is 6.89. The molecule has 1 aliphatic rings. The molecule has 0 saturated carbocycles. The second-order valence-corrected chi connectivity index (χ2v) is 5.90. The number of hydrogen-bond acceptors (Lipinski definition) is 4. The van der Waals surface area contributed by atoms with Crippen LogP contribution in [0.15, 0.2) is 39.4 Å². The van der Waals surface area contributed by atoms with E-state index < -0.39 is 0 Å². The Bertz CT molecular complexity index is 669. The van der Waals surface area contributed by atoms with Gasteiger partial charge in [0.15, 0.2) is 17.3 Å². The monoisotopic (exact) mass is 365 g/mol. The first-order valence-electron chi connectivity index (χ1n) is 7.08. The first-order chi connectivity index (χ1) is 10.6. The third kappa shape index (κ3) is 3.11.